The molecule has 4 aromatic rings. The Kier molecular flexibility index (Phi) is 6.58. The number of carbonyl (C=O) groups excluding carboxylic acids is 1. The number of piperazine rings is 1. The molecular formula is C25H26ClN7O. The Morgan fingerprint density at radius 2 is 1.68 bits per heavy atom. The summed E-state index contributed by atoms with van der Waals surface area (Å²) in [4.78, 5) is 17.1. The molecule has 0 radical (unpaired) electrons. The molecule has 0 unspecified atom stereocenters. The minimum Gasteiger partial charge on any atom is -0.368 e. The number of carbonyl (C=O) groups is 1. The van der Waals surface area contributed by atoms with Crippen molar-refractivity contribution in [2.45, 2.75) is 19.4 Å². The minimum absolute atomic E-state index is 0.137. The molecule has 0 bridgehead atoms. The van der Waals surface area contributed by atoms with Gasteiger partial charge < -0.3 is 15.1 Å². The number of aryl methyl sites for hydroxylation is 1. The molecular weight excluding hydrogens is 450 g/mol. The summed E-state index contributed by atoms with van der Waals surface area (Å²) in [5.41, 5.74) is 2.85. The van der Waals surface area contributed by atoms with Gasteiger partial charge in [-0.05, 0) is 35.9 Å². The first-order chi connectivity index (χ1) is 16.7. The maximum absolute atomic E-state index is 12.8. The number of aromatic nitrogens is 4. The molecule has 1 aliphatic rings. The van der Waals surface area contributed by atoms with Gasteiger partial charge >= 0.3 is 0 Å². The third kappa shape index (κ3) is 4.97. The number of anilines is 2. The van der Waals surface area contributed by atoms with E-state index < -0.39 is 0 Å². The highest BCUT2D eigenvalue weighted by Crippen LogP contribution is 2.18. The average molecular weight is 476 g/mol. The summed E-state index contributed by atoms with van der Waals surface area (Å²) < 4.78 is 1.70. The number of nitrogens with zero attached hydrogens (tertiary/aromatic N) is 6. The molecule has 0 saturated carbocycles. The topological polar surface area (TPSA) is 78.7 Å². The third-order valence-electron chi connectivity index (χ3n) is 6.06. The molecule has 9 heteroatoms. The van der Waals surface area contributed by atoms with Gasteiger partial charge in [-0.15, -0.1) is 15.3 Å². The van der Waals surface area contributed by atoms with Crippen LogP contribution in [0, 0.1) is 0 Å². The Morgan fingerprint density at radius 3 is 2.47 bits per heavy atom. The van der Waals surface area contributed by atoms with Gasteiger partial charge in [0.25, 0.3) is 0 Å². The molecule has 0 aliphatic carbocycles. The second-order valence-electron chi connectivity index (χ2n) is 8.25. The van der Waals surface area contributed by atoms with Gasteiger partial charge in [0.2, 0.25) is 5.91 Å². The lowest BCUT2D eigenvalue weighted by Crippen LogP contribution is -2.48. The molecule has 1 fully saturated rings. The fraction of sp³-hybridized carbons (Fsp3) is 0.280. The van der Waals surface area contributed by atoms with Gasteiger partial charge in [0, 0.05) is 56.3 Å². The summed E-state index contributed by atoms with van der Waals surface area (Å²) in [7, 11) is 0. The lowest BCUT2D eigenvalue weighted by Gasteiger charge is -2.36. The summed E-state index contributed by atoms with van der Waals surface area (Å²) in [5, 5.41) is 17.1. The van der Waals surface area contributed by atoms with E-state index >= 15 is 0 Å². The molecule has 1 amide bonds. The highest BCUT2D eigenvalue weighted by molar-refractivity contribution is 6.31. The molecule has 0 spiro atoms. The number of nitrogens with one attached hydrogen (secondary N) is 1. The standard InChI is InChI=1S/C25H26ClN7O/c26-21-9-5-4-6-19(21)18-27-22-10-11-23-28-29-24(33(23)30-22)12-13-25(34)32-16-14-31(15-17-32)20-7-2-1-3-8-20/h1-11H,12-18H2,(H,27,30). The number of rotatable bonds is 7. The molecule has 2 aromatic heterocycles. The van der Waals surface area contributed by atoms with Crippen LogP contribution >= 0.6 is 11.6 Å². The Morgan fingerprint density at radius 1 is 0.912 bits per heavy atom. The summed E-state index contributed by atoms with van der Waals surface area (Å²) >= 11 is 6.24. The number of fused-ring (bicyclic) bond motifs is 1. The van der Waals surface area contributed by atoms with E-state index in [4.69, 9.17) is 11.6 Å². The van der Waals surface area contributed by atoms with E-state index in [1.807, 2.05) is 59.5 Å². The second kappa shape index (κ2) is 10.1. The molecule has 3 heterocycles. The molecule has 1 aliphatic heterocycles. The third-order valence-corrected chi connectivity index (χ3v) is 6.43. The maximum Gasteiger partial charge on any atom is 0.223 e. The van der Waals surface area contributed by atoms with E-state index in [2.05, 4.69) is 37.6 Å². The van der Waals surface area contributed by atoms with Gasteiger partial charge in [0.1, 0.15) is 5.82 Å². The zero-order valence-electron chi connectivity index (χ0n) is 18.8. The molecule has 0 atom stereocenters. The van der Waals surface area contributed by atoms with Gasteiger partial charge in [0.15, 0.2) is 11.5 Å². The van der Waals surface area contributed by atoms with Crippen LogP contribution in [-0.2, 0) is 17.8 Å². The van der Waals surface area contributed by atoms with Gasteiger partial charge in [-0.2, -0.15) is 4.52 Å². The fourth-order valence-corrected chi connectivity index (χ4v) is 4.34. The van der Waals surface area contributed by atoms with Crippen LogP contribution in [-0.4, -0.2) is 56.8 Å². The molecule has 8 nitrogen and oxygen atoms in total. The zero-order valence-corrected chi connectivity index (χ0v) is 19.5. The van der Waals surface area contributed by atoms with Crippen LogP contribution in [0.3, 0.4) is 0 Å². The Bertz CT molecular complexity index is 1270. The number of hydrogen-bond acceptors (Lipinski definition) is 6. The van der Waals surface area contributed by atoms with E-state index in [1.54, 1.807) is 4.52 Å². The number of halogens is 1. The molecule has 1 N–H and O–H groups in total. The number of benzene rings is 2. The van der Waals surface area contributed by atoms with Gasteiger partial charge in [-0.1, -0.05) is 48.0 Å². The first kappa shape index (κ1) is 22.2. The van der Waals surface area contributed by atoms with Crippen molar-refractivity contribution in [3.8, 4) is 0 Å². The van der Waals surface area contributed by atoms with Crippen molar-refractivity contribution in [2.24, 2.45) is 0 Å². The van der Waals surface area contributed by atoms with Crippen molar-refractivity contribution < 1.29 is 4.79 Å². The summed E-state index contributed by atoms with van der Waals surface area (Å²) in [6.45, 7) is 3.69. The van der Waals surface area contributed by atoms with Crippen LogP contribution < -0.4 is 10.2 Å². The van der Waals surface area contributed by atoms with Crippen LogP contribution in [0.2, 0.25) is 5.02 Å². The second-order valence-corrected chi connectivity index (χ2v) is 8.66. The molecule has 174 valence electrons. The lowest BCUT2D eigenvalue weighted by atomic mass is 10.2. The first-order valence-corrected chi connectivity index (χ1v) is 11.8. The minimum atomic E-state index is 0.137. The largest absolute Gasteiger partial charge is 0.368 e. The van der Waals surface area contributed by atoms with Crippen LogP contribution in [0.1, 0.15) is 17.8 Å². The molecule has 5 rings (SSSR count). The van der Waals surface area contributed by atoms with Gasteiger partial charge in [-0.3, -0.25) is 4.79 Å². The van der Waals surface area contributed by atoms with Crippen molar-refractivity contribution in [2.75, 3.05) is 36.4 Å². The van der Waals surface area contributed by atoms with Crippen LogP contribution in [0.5, 0.6) is 0 Å². The van der Waals surface area contributed by atoms with Crippen LogP contribution in [0.25, 0.3) is 5.65 Å². The van der Waals surface area contributed by atoms with E-state index in [-0.39, 0.29) is 5.91 Å². The number of hydrogen-bond donors (Lipinski definition) is 1. The fourth-order valence-electron chi connectivity index (χ4n) is 4.14. The SMILES string of the molecule is O=C(CCc1nnc2ccc(NCc3ccccc3Cl)nn12)N1CCN(c2ccccc2)CC1. The Hall–Kier alpha value is -3.65. The van der Waals surface area contributed by atoms with E-state index in [1.165, 1.54) is 5.69 Å². The predicted octanol–water partition coefficient (Wildman–Crippen LogP) is 3.67. The smallest absolute Gasteiger partial charge is 0.223 e. The molecule has 34 heavy (non-hydrogen) atoms. The van der Waals surface area contributed by atoms with Crippen molar-refractivity contribution in [1.29, 1.82) is 0 Å². The first-order valence-electron chi connectivity index (χ1n) is 11.4. The monoisotopic (exact) mass is 475 g/mol. The quantitative estimate of drug-likeness (QED) is 0.439. The summed E-state index contributed by atoms with van der Waals surface area (Å²) in [6.07, 6.45) is 0.866. The van der Waals surface area contributed by atoms with Crippen LogP contribution in [0.4, 0.5) is 11.5 Å². The summed E-state index contributed by atoms with van der Waals surface area (Å²) in [5.74, 6) is 1.50. The van der Waals surface area contributed by atoms with Crippen molar-refractivity contribution in [3.63, 3.8) is 0 Å². The van der Waals surface area contributed by atoms with E-state index in [0.29, 0.717) is 41.7 Å². The Balaban J connectivity index is 1.17. The van der Waals surface area contributed by atoms with Gasteiger partial charge in [0.05, 0.1) is 0 Å². The summed E-state index contributed by atoms with van der Waals surface area (Å²) in [6, 6.07) is 21.8. The number of amides is 1. The van der Waals surface area contributed by atoms with Gasteiger partial charge in [-0.25, -0.2) is 0 Å². The van der Waals surface area contributed by atoms with E-state index in [9.17, 15) is 4.79 Å². The predicted molar refractivity (Wildman–Crippen MR) is 133 cm³/mol. The Labute approximate surface area is 203 Å². The average Bonchev–Trinajstić information content (AvgIpc) is 3.29. The van der Waals surface area contributed by atoms with Crippen molar-refractivity contribution >= 4 is 34.7 Å². The van der Waals surface area contributed by atoms with E-state index in [0.717, 1.165) is 31.7 Å². The molecule has 2 aromatic carbocycles. The zero-order chi connectivity index (χ0) is 23.3. The highest BCUT2D eigenvalue weighted by Gasteiger charge is 2.21. The van der Waals surface area contributed by atoms with Crippen LogP contribution in [0.15, 0.2) is 66.7 Å². The number of para-hydroxylation sites is 1. The maximum atomic E-state index is 12.8. The lowest BCUT2D eigenvalue weighted by molar-refractivity contribution is -0.131. The normalized spacial score (nSPS) is 13.9. The molecule has 1 saturated heterocycles. The van der Waals surface area contributed by atoms with Crippen molar-refractivity contribution in [1.82, 2.24) is 24.7 Å². The highest BCUT2D eigenvalue weighted by atomic mass is 35.5. The van der Waals surface area contributed by atoms with Crippen molar-refractivity contribution in [3.05, 3.63) is 83.1 Å².